The van der Waals surface area contributed by atoms with E-state index >= 15 is 0 Å². The zero-order valence-corrected chi connectivity index (χ0v) is 23.4. The number of nitrogens with zero attached hydrogens (tertiary/aromatic N) is 3. The maximum atomic E-state index is 4.95. The Kier molecular flexibility index (Phi) is 6.01. The molecule has 3 heteroatoms. The lowest BCUT2D eigenvalue weighted by molar-refractivity contribution is 0.768. The van der Waals surface area contributed by atoms with Gasteiger partial charge in [-0.05, 0) is 33.4 Å². The Morgan fingerprint density at radius 1 is 0.302 bits per heavy atom. The van der Waals surface area contributed by atoms with Crippen LogP contribution in [-0.4, -0.2) is 15.0 Å². The van der Waals surface area contributed by atoms with Gasteiger partial charge < -0.3 is 0 Å². The zero-order valence-electron chi connectivity index (χ0n) is 23.4. The van der Waals surface area contributed by atoms with Crippen LogP contribution in [0.1, 0.15) is 22.3 Å². The Bertz CT molecular complexity index is 1950. The van der Waals surface area contributed by atoms with Gasteiger partial charge in [0, 0.05) is 16.7 Å². The first-order chi connectivity index (χ1) is 21.3. The lowest BCUT2D eigenvalue weighted by atomic mass is 9.67. The summed E-state index contributed by atoms with van der Waals surface area (Å²) in [4.78, 5) is 14.8. The van der Waals surface area contributed by atoms with Gasteiger partial charge in [-0.25, -0.2) is 15.0 Å². The lowest BCUT2D eigenvalue weighted by Crippen LogP contribution is -2.28. The molecule has 6 aromatic carbocycles. The minimum absolute atomic E-state index is 0.434. The molecule has 3 nitrogen and oxygen atoms in total. The Balaban J connectivity index is 1.31. The normalized spacial score (nSPS) is 12.8. The largest absolute Gasteiger partial charge is 0.208 e. The van der Waals surface area contributed by atoms with Crippen LogP contribution in [0.4, 0.5) is 0 Å². The third-order valence-corrected chi connectivity index (χ3v) is 8.43. The molecule has 0 saturated heterocycles. The predicted octanol–water partition coefficient (Wildman–Crippen LogP) is 9.24. The Morgan fingerprint density at radius 3 is 1.12 bits per heavy atom. The fraction of sp³-hybridized carbons (Fsp3) is 0.0250. The summed E-state index contributed by atoms with van der Waals surface area (Å²) < 4.78 is 0. The fourth-order valence-electron chi connectivity index (χ4n) is 6.52. The number of hydrogen-bond acceptors (Lipinski definition) is 3. The topological polar surface area (TPSA) is 38.7 Å². The number of benzene rings is 6. The summed E-state index contributed by atoms with van der Waals surface area (Å²) in [6.07, 6.45) is 0. The molecule has 1 aliphatic carbocycles. The van der Waals surface area contributed by atoms with E-state index in [2.05, 4.69) is 103 Å². The second-order valence-corrected chi connectivity index (χ2v) is 10.8. The second kappa shape index (κ2) is 10.3. The van der Waals surface area contributed by atoms with Crippen LogP contribution in [0.25, 0.3) is 45.3 Å². The van der Waals surface area contributed by atoms with Crippen LogP contribution in [0.5, 0.6) is 0 Å². The Morgan fingerprint density at radius 2 is 0.651 bits per heavy atom. The van der Waals surface area contributed by atoms with Crippen LogP contribution < -0.4 is 0 Å². The third kappa shape index (κ3) is 4.09. The van der Waals surface area contributed by atoms with Gasteiger partial charge >= 0.3 is 0 Å². The summed E-state index contributed by atoms with van der Waals surface area (Å²) in [7, 11) is 0. The molecule has 43 heavy (non-hydrogen) atoms. The van der Waals surface area contributed by atoms with Gasteiger partial charge in [-0.15, -0.1) is 0 Å². The Labute approximate surface area is 251 Å². The monoisotopic (exact) mass is 549 g/mol. The quantitative estimate of drug-likeness (QED) is 0.215. The molecule has 7 aromatic rings. The van der Waals surface area contributed by atoms with Gasteiger partial charge in [0.1, 0.15) is 0 Å². The summed E-state index contributed by atoms with van der Waals surface area (Å²) in [5, 5.41) is 0. The molecule has 1 aliphatic rings. The molecule has 0 bridgehead atoms. The van der Waals surface area contributed by atoms with Crippen molar-refractivity contribution in [2.45, 2.75) is 5.41 Å². The number of hydrogen-bond donors (Lipinski definition) is 0. The van der Waals surface area contributed by atoms with Crippen molar-refractivity contribution in [3.8, 4) is 45.3 Å². The molecule has 1 aromatic heterocycles. The van der Waals surface area contributed by atoms with Crippen LogP contribution in [-0.2, 0) is 5.41 Å². The molecule has 0 saturated carbocycles. The van der Waals surface area contributed by atoms with Crippen molar-refractivity contribution >= 4 is 0 Å². The molecule has 0 unspecified atom stereocenters. The van der Waals surface area contributed by atoms with E-state index in [0.717, 1.165) is 16.7 Å². The zero-order chi connectivity index (χ0) is 28.6. The van der Waals surface area contributed by atoms with Gasteiger partial charge in [-0.2, -0.15) is 0 Å². The van der Waals surface area contributed by atoms with Gasteiger partial charge in [0.05, 0.1) is 5.41 Å². The molecular weight excluding hydrogens is 522 g/mol. The van der Waals surface area contributed by atoms with Crippen LogP contribution in [0.3, 0.4) is 0 Å². The first-order valence-electron chi connectivity index (χ1n) is 14.5. The SMILES string of the molecule is c1ccc(-c2nc(-c3ccccc3)nc(-c3ccc(C4(c5ccccc5)c5ccccc5-c5ccccc54)cc3)n2)cc1. The molecule has 0 aliphatic heterocycles. The van der Waals surface area contributed by atoms with Gasteiger partial charge in [0.15, 0.2) is 17.5 Å². The first-order valence-corrected chi connectivity index (χ1v) is 14.5. The van der Waals surface area contributed by atoms with E-state index in [1.807, 2.05) is 60.7 Å². The van der Waals surface area contributed by atoms with Gasteiger partial charge in [0.2, 0.25) is 0 Å². The molecule has 202 valence electrons. The third-order valence-electron chi connectivity index (χ3n) is 8.43. The van der Waals surface area contributed by atoms with Gasteiger partial charge in [0.25, 0.3) is 0 Å². The van der Waals surface area contributed by atoms with Crippen LogP contribution in [0.2, 0.25) is 0 Å². The van der Waals surface area contributed by atoms with E-state index in [4.69, 9.17) is 15.0 Å². The molecule has 0 amide bonds. The van der Waals surface area contributed by atoms with Crippen LogP contribution in [0, 0.1) is 0 Å². The minimum Gasteiger partial charge on any atom is -0.208 e. The molecular formula is C40H27N3. The highest BCUT2D eigenvalue weighted by Crippen LogP contribution is 2.55. The summed E-state index contributed by atoms with van der Waals surface area (Å²) in [5.74, 6) is 1.97. The Hall–Kier alpha value is -5.67. The van der Waals surface area contributed by atoms with Crippen molar-refractivity contribution in [1.82, 2.24) is 15.0 Å². The van der Waals surface area contributed by atoms with E-state index < -0.39 is 5.41 Å². The molecule has 0 fully saturated rings. The number of fused-ring (bicyclic) bond motifs is 3. The van der Waals surface area contributed by atoms with E-state index in [1.165, 1.54) is 33.4 Å². The lowest BCUT2D eigenvalue weighted by Gasteiger charge is -2.34. The molecule has 0 radical (unpaired) electrons. The van der Waals surface area contributed by atoms with Crippen LogP contribution >= 0.6 is 0 Å². The van der Waals surface area contributed by atoms with Crippen molar-refractivity contribution in [3.63, 3.8) is 0 Å². The highest BCUT2D eigenvalue weighted by molar-refractivity contribution is 5.86. The highest BCUT2D eigenvalue weighted by atomic mass is 15.0. The van der Waals surface area contributed by atoms with E-state index in [9.17, 15) is 0 Å². The van der Waals surface area contributed by atoms with Crippen molar-refractivity contribution < 1.29 is 0 Å². The maximum Gasteiger partial charge on any atom is 0.164 e. The van der Waals surface area contributed by atoms with E-state index in [0.29, 0.717) is 17.5 Å². The standard InChI is InChI=1S/C40H27N3/c1-4-14-28(15-5-1)37-41-38(29-16-6-2-7-17-29)43-39(42-37)30-24-26-32(27-25-30)40(31-18-8-3-9-19-31)35-22-12-10-20-33(35)34-21-11-13-23-36(34)40/h1-27H. The molecule has 8 rings (SSSR count). The van der Waals surface area contributed by atoms with Gasteiger partial charge in [-0.1, -0.05) is 164 Å². The van der Waals surface area contributed by atoms with E-state index in [-0.39, 0.29) is 0 Å². The summed E-state index contributed by atoms with van der Waals surface area (Å²) in [5.41, 5.74) is 10.1. The van der Waals surface area contributed by atoms with Crippen LogP contribution in [0.15, 0.2) is 164 Å². The fourth-order valence-corrected chi connectivity index (χ4v) is 6.52. The summed E-state index contributed by atoms with van der Waals surface area (Å²) >= 11 is 0. The predicted molar refractivity (Wildman–Crippen MR) is 173 cm³/mol. The van der Waals surface area contributed by atoms with Crippen molar-refractivity contribution in [2.75, 3.05) is 0 Å². The average molecular weight is 550 g/mol. The molecule has 0 N–H and O–H groups in total. The van der Waals surface area contributed by atoms with Crippen molar-refractivity contribution in [3.05, 3.63) is 186 Å². The summed E-state index contributed by atoms with van der Waals surface area (Å²) in [6.45, 7) is 0. The van der Waals surface area contributed by atoms with Crippen molar-refractivity contribution in [1.29, 1.82) is 0 Å². The molecule has 0 atom stereocenters. The minimum atomic E-state index is -0.434. The first kappa shape index (κ1) is 25.1. The van der Waals surface area contributed by atoms with Gasteiger partial charge in [-0.3, -0.25) is 0 Å². The summed E-state index contributed by atoms with van der Waals surface area (Å²) in [6, 6.07) is 57.5. The average Bonchev–Trinajstić information content (AvgIpc) is 3.40. The maximum absolute atomic E-state index is 4.95. The van der Waals surface area contributed by atoms with E-state index in [1.54, 1.807) is 0 Å². The molecule has 1 heterocycles. The smallest absolute Gasteiger partial charge is 0.164 e. The number of aromatic nitrogens is 3. The second-order valence-electron chi connectivity index (χ2n) is 10.8. The van der Waals surface area contributed by atoms with Crippen molar-refractivity contribution in [2.24, 2.45) is 0 Å². The number of rotatable bonds is 5. The highest BCUT2D eigenvalue weighted by Gasteiger charge is 2.45. The molecule has 0 spiro atoms.